The molecule has 0 bridgehead atoms. The van der Waals surface area contributed by atoms with Crippen molar-refractivity contribution in [2.45, 2.75) is 12.8 Å². The van der Waals surface area contributed by atoms with Gasteiger partial charge in [0.25, 0.3) is 0 Å². The van der Waals surface area contributed by atoms with Crippen molar-refractivity contribution in [2.24, 2.45) is 0 Å². The number of benzene rings is 2. The fraction of sp³-hybridized carbons (Fsp3) is 0.158. The highest BCUT2D eigenvalue weighted by atomic mass is 79.9. The topological polar surface area (TPSA) is 75.2 Å². The van der Waals surface area contributed by atoms with Gasteiger partial charge in [-0.05, 0) is 64.2 Å². The van der Waals surface area contributed by atoms with Gasteiger partial charge in [0, 0.05) is 16.7 Å². The number of aromatic amines is 1. The van der Waals surface area contributed by atoms with Gasteiger partial charge in [0.2, 0.25) is 0 Å². The van der Waals surface area contributed by atoms with Gasteiger partial charge in [-0.25, -0.2) is 4.79 Å². The molecule has 1 aliphatic rings. The monoisotopic (exact) mass is 466 g/mol. The van der Waals surface area contributed by atoms with Gasteiger partial charge >= 0.3 is 5.97 Å². The number of rotatable bonds is 3. The molecule has 0 atom stereocenters. The zero-order valence-electron chi connectivity index (χ0n) is 14.1. The van der Waals surface area contributed by atoms with Gasteiger partial charge in [-0.1, -0.05) is 23.2 Å². The molecule has 0 saturated heterocycles. The van der Waals surface area contributed by atoms with Crippen LogP contribution in [-0.4, -0.2) is 28.4 Å². The van der Waals surface area contributed by atoms with Crippen LogP contribution in [0.1, 0.15) is 21.6 Å². The van der Waals surface area contributed by atoms with Crippen LogP contribution < -0.4 is 4.74 Å². The average Bonchev–Trinajstić information content (AvgIpc) is 3.09. The summed E-state index contributed by atoms with van der Waals surface area (Å²) in [6, 6.07) is 7.53. The standard InChI is InChI=1S/C19H13BrCl2N2O3/c1-27-15-6-8-2-3-10-17(23-24-18(10)19(25)26)12(8)7-11(15)9-4-13(21)16(20)14(22)5-9/h4-7H,2-3H2,1H3,(H,23,24)(H,25,26). The molecule has 138 valence electrons. The molecule has 8 heteroatoms. The number of aryl methyl sites for hydroxylation is 1. The largest absolute Gasteiger partial charge is 0.496 e. The minimum atomic E-state index is -1.01. The number of hydrogen-bond acceptors (Lipinski definition) is 3. The van der Waals surface area contributed by atoms with Crippen LogP contribution in [0.5, 0.6) is 5.75 Å². The number of methoxy groups -OCH3 is 1. The quantitative estimate of drug-likeness (QED) is 0.490. The first-order valence-corrected chi connectivity index (χ1v) is 9.62. The molecular weight excluding hydrogens is 455 g/mol. The second-order valence-electron chi connectivity index (χ2n) is 6.19. The first-order valence-electron chi connectivity index (χ1n) is 8.07. The predicted molar refractivity (Wildman–Crippen MR) is 108 cm³/mol. The molecule has 27 heavy (non-hydrogen) atoms. The van der Waals surface area contributed by atoms with Gasteiger partial charge in [0.15, 0.2) is 0 Å². The van der Waals surface area contributed by atoms with Crippen molar-refractivity contribution >= 4 is 45.1 Å². The van der Waals surface area contributed by atoms with Crippen molar-refractivity contribution in [3.8, 4) is 28.1 Å². The summed E-state index contributed by atoms with van der Waals surface area (Å²) in [5, 5.41) is 17.2. The summed E-state index contributed by atoms with van der Waals surface area (Å²) >= 11 is 15.9. The predicted octanol–water partition coefficient (Wildman–Crippen LogP) is 5.62. The number of nitrogens with one attached hydrogen (secondary N) is 1. The Morgan fingerprint density at radius 2 is 1.89 bits per heavy atom. The molecular formula is C19H13BrCl2N2O3. The van der Waals surface area contributed by atoms with Crippen LogP contribution in [0.25, 0.3) is 22.4 Å². The number of aromatic nitrogens is 2. The first kappa shape index (κ1) is 18.3. The summed E-state index contributed by atoms with van der Waals surface area (Å²) < 4.78 is 6.22. The van der Waals surface area contributed by atoms with E-state index in [-0.39, 0.29) is 5.69 Å². The zero-order chi connectivity index (χ0) is 19.3. The van der Waals surface area contributed by atoms with Crippen LogP contribution in [-0.2, 0) is 12.8 Å². The summed E-state index contributed by atoms with van der Waals surface area (Å²) in [6.07, 6.45) is 1.32. The summed E-state index contributed by atoms with van der Waals surface area (Å²) in [5.74, 6) is -0.312. The van der Waals surface area contributed by atoms with E-state index >= 15 is 0 Å². The highest BCUT2D eigenvalue weighted by Crippen LogP contribution is 2.43. The van der Waals surface area contributed by atoms with E-state index in [4.69, 9.17) is 27.9 Å². The lowest BCUT2D eigenvalue weighted by molar-refractivity contribution is 0.0689. The van der Waals surface area contributed by atoms with Gasteiger partial charge in [-0.3, -0.25) is 5.10 Å². The summed E-state index contributed by atoms with van der Waals surface area (Å²) in [6.45, 7) is 0. The summed E-state index contributed by atoms with van der Waals surface area (Å²) in [7, 11) is 1.61. The number of H-pyrrole nitrogens is 1. The van der Waals surface area contributed by atoms with Crippen LogP contribution in [0, 0.1) is 0 Å². The highest BCUT2D eigenvalue weighted by Gasteiger charge is 2.27. The van der Waals surface area contributed by atoms with Crippen molar-refractivity contribution in [3.63, 3.8) is 0 Å². The maximum atomic E-state index is 11.4. The minimum Gasteiger partial charge on any atom is -0.496 e. The lowest BCUT2D eigenvalue weighted by Crippen LogP contribution is -2.08. The molecule has 0 unspecified atom stereocenters. The van der Waals surface area contributed by atoms with Crippen LogP contribution in [0.4, 0.5) is 0 Å². The number of carbonyl (C=O) groups is 1. The van der Waals surface area contributed by atoms with E-state index in [0.29, 0.717) is 38.8 Å². The lowest BCUT2D eigenvalue weighted by Gasteiger charge is -2.20. The average molecular weight is 468 g/mol. The third kappa shape index (κ3) is 3.02. The Bertz CT molecular complexity index is 1070. The van der Waals surface area contributed by atoms with Gasteiger partial charge < -0.3 is 9.84 Å². The molecule has 3 aromatic rings. The molecule has 0 spiro atoms. The molecule has 0 saturated carbocycles. The number of nitrogens with zero attached hydrogens (tertiary/aromatic N) is 1. The number of fused-ring (bicyclic) bond motifs is 3. The molecule has 0 amide bonds. The normalized spacial score (nSPS) is 12.4. The Hall–Kier alpha value is -2.02. The molecule has 5 nitrogen and oxygen atoms in total. The smallest absolute Gasteiger partial charge is 0.354 e. The number of halogens is 3. The Balaban J connectivity index is 1.94. The van der Waals surface area contributed by atoms with Gasteiger partial charge in [0.1, 0.15) is 11.4 Å². The summed E-state index contributed by atoms with van der Waals surface area (Å²) in [5.41, 5.74) is 5.06. The molecule has 1 aliphatic carbocycles. The maximum absolute atomic E-state index is 11.4. The maximum Gasteiger partial charge on any atom is 0.354 e. The number of ether oxygens (including phenoxy) is 1. The van der Waals surface area contributed by atoms with E-state index in [1.807, 2.05) is 12.1 Å². The fourth-order valence-electron chi connectivity index (χ4n) is 3.42. The van der Waals surface area contributed by atoms with Crippen LogP contribution >= 0.6 is 39.1 Å². The molecule has 2 aromatic carbocycles. The second-order valence-corrected chi connectivity index (χ2v) is 7.80. The van der Waals surface area contributed by atoms with E-state index in [9.17, 15) is 9.90 Å². The molecule has 4 rings (SSSR count). The van der Waals surface area contributed by atoms with Crippen molar-refractivity contribution in [2.75, 3.05) is 7.11 Å². The Kier molecular flexibility index (Phi) is 4.66. The Labute approximate surface area is 173 Å². The third-order valence-corrected chi connectivity index (χ3v) is 6.61. The van der Waals surface area contributed by atoms with E-state index in [2.05, 4.69) is 26.1 Å². The molecule has 1 aromatic heterocycles. The lowest BCUT2D eigenvalue weighted by atomic mass is 9.86. The van der Waals surface area contributed by atoms with E-state index in [1.54, 1.807) is 19.2 Å². The minimum absolute atomic E-state index is 0.141. The molecule has 0 fully saturated rings. The molecule has 1 heterocycles. The van der Waals surface area contributed by atoms with Gasteiger partial charge in [-0.2, -0.15) is 5.10 Å². The Morgan fingerprint density at radius 3 is 2.52 bits per heavy atom. The van der Waals surface area contributed by atoms with Gasteiger partial charge in [0.05, 0.1) is 27.3 Å². The van der Waals surface area contributed by atoms with Crippen molar-refractivity contribution in [1.82, 2.24) is 10.2 Å². The molecule has 0 radical (unpaired) electrons. The summed E-state index contributed by atoms with van der Waals surface area (Å²) in [4.78, 5) is 11.4. The highest BCUT2D eigenvalue weighted by molar-refractivity contribution is 9.10. The number of aromatic carboxylic acids is 1. The number of hydrogen-bond donors (Lipinski definition) is 2. The number of carboxylic acid groups (broad SMARTS) is 1. The van der Waals surface area contributed by atoms with E-state index < -0.39 is 5.97 Å². The van der Waals surface area contributed by atoms with Crippen molar-refractivity contribution in [1.29, 1.82) is 0 Å². The number of carboxylic acids is 1. The van der Waals surface area contributed by atoms with Crippen LogP contribution in [0.15, 0.2) is 28.7 Å². The molecule has 2 N–H and O–H groups in total. The second kappa shape index (κ2) is 6.86. The first-order chi connectivity index (χ1) is 12.9. The zero-order valence-corrected chi connectivity index (χ0v) is 17.2. The van der Waals surface area contributed by atoms with Gasteiger partial charge in [-0.15, -0.1) is 0 Å². The van der Waals surface area contributed by atoms with E-state index in [1.165, 1.54) is 0 Å². The van der Waals surface area contributed by atoms with Crippen LogP contribution in [0.2, 0.25) is 10.0 Å². The van der Waals surface area contributed by atoms with Crippen molar-refractivity contribution in [3.05, 3.63) is 55.6 Å². The SMILES string of the molecule is COc1cc2c(cc1-c1cc(Cl)c(Br)c(Cl)c1)-c1n[nH]c(C(=O)O)c1CC2. The van der Waals surface area contributed by atoms with Crippen LogP contribution in [0.3, 0.4) is 0 Å². The third-order valence-electron chi connectivity index (χ3n) is 4.70. The van der Waals surface area contributed by atoms with E-state index in [0.717, 1.165) is 27.8 Å². The molecule has 0 aliphatic heterocycles. The fourth-order valence-corrected chi connectivity index (χ4v) is 4.14. The Morgan fingerprint density at radius 1 is 1.19 bits per heavy atom. The van der Waals surface area contributed by atoms with Crippen molar-refractivity contribution < 1.29 is 14.6 Å².